The van der Waals surface area contributed by atoms with Crippen molar-refractivity contribution in [2.75, 3.05) is 53.7 Å². The highest BCUT2D eigenvalue weighted by Gasteiger charge is 2.14. The van der Waals surface area contributed by atoms with Gasteiger partial charge in [0.05, 0.1) is 33.0 Å². The summed E-state index contributed by atoms with van der Waals surface area (Å²) in [6.45, 7) is 4.54. The molecule has 1 aliphatic rings. The smallest absolute Gasteiger partial charge is 0.189 e. The lowest BCUT2D eigenvalue weighted by atomic mass is 10.1. The third kappa shape index (κ3) is 7.14. The molecule has 1 fully saturated rings. The van der Waals surface area contributed by atoms with E-state index >= 15 is 0 Å². The molecule has 31 heavy (non-hydrogen) atoms. The minimum absolute atomic E-state index is 0. The van der Waals surface area contributed by atoms with Crippen LogP contribution in [0.25, 0.3) is 6.08 Å². The van der Waals surface area contributed by atoms with Crippen LogP contribution in [0.2, 0.25) is 5.02 Å². The van der Waals surface area contributed by atoms with Gasteiger partial charge in [0, 0.05) is 24.7 Å². The van der Waals surface area contributed by atoms with Crippen molar-refractivity contribution in [3.05, 3.63) is 58.6 Å². The minimum atomic E-state index is -0.186. The molecule has 0 N–H and O–H groups in total. The number of nitrogens with zero attached hydrogens (tertiary/aromatic N) is 1. The second kappa shape index (κ2) is 12.6. The highest BCUT2D eigenvalue weighted by Crippen LogP contribution is 2.28. The molecule has 0 bridgehead atoms. The quantitative estimate of drug-likeness (QED) is 0.402. The fraction of sp³-hybridized carbons (Fsp3) is 0.348. The molecule has 6 nitrogen and oxygen atoms in total. The zero-order chi connectivity index (χ0) is 21.3. The number of allylic oxidation sites excluding steroid dienone is 1. The van der Waals surface area contributed by atoms with Crippen molar-refractivity contribution >= 4 is 35.9 Å². The van der Waals surface area contributed by atoms with E-state index in [0.29, 0.717) is 34.4 Å². The second-order valence-corrected chi connectivity index (χ2v) is 7.19. The summed E-state index contributed by atoms with van der Waals surface area (Å²) in [4.78, 5) is 15.1. The summed E-state index contributed by atoms with van der Waals surface area (Å²) in [5, 5.41) is 0.485. The molecule has 0 aromatic heterocycles. The normalized spacial score (nSPS) is 14.2. The first-order valence-electron chi connectivity index (χ1n) is 9.77. The summed E-state index contributed by atoms with van der Waals surface area (Å²) in [5.74, 6) is 1.57. The Kier molecular flexibility index (Phi) is 10.1. The molecule has 1 heterocycles. The van der Waals surface area contributed by atoms with Gasteiger partial charge >= 0.3 is 0 Å². The summed E-state index contributed by atoms with van der Waals surface area (Å²) >= 11 is 6.12. The van der Waals surface area contributed by atoms with Crippen molar-refractivity contribution in [3.63, 3.8) is 0 Å². The molecule has 168 valence electrons. The van der Waals surface area contributed by atoms with E-state index in [0.717, 1.165) is 38.4 Å². The molecule has 2 aromatic carbocycles. The molecule has 0 spiro atoms. The Balaban J connectivity index is 0.00000341. The maximum atomic E-state index is 12.8. The summed E-state index contributed by atoms with van der Waals surface area (Å²) in [7, 11) is 3.15. The van der Waals surface area contributed by atoms with E-state index in [-0.39, 0.29) is 18.2 Å². The molecule has 8 heteroatoms. The lowest BCUT2D eigenvalue weighted by Gasteiger charge is -2.26. The van der Waals surface area contributed by atoms with Gasteiger partial charge in [-0.1, -0.05) is 23.7 Å². The van der Waals surface area contributed by atoms with Crippen LogP contribution in [0.15, 0.2) is 42.5 Å². The second-order valence-electron chi connectivity index (χ2n) is 6.75. The molecule has 0 amide bonds. The number of carbonyl (C=O) groups excluding carboxylic acids is 1. The number of ether oxygens (including phenoxy) is 4. The number of rotatable bonds is 9. The van der Waals surface area contributed by atoms with Crippen molar-refractivity contribution in [1.29, 1.82) is 0 Å². The average Bonchev–Trinajstić information content (AvgIpc) is 2.78. The maximum Gasteiger partial charge on any atom is 0.189 e. The van der Waals surface area contributed by atoms with Gasteiger partial charge in [0.1, 0.15) is 12.4 Å². The molecule has 0 aliphatic carbocycles. The monoisotopic (exact) mass is 467 g/mol. The number of methoxy groups -OCH3 is 2. The standard InChI is InChI=1S/C23H26ClNO5.ClH/c1-27-22-7-4-17(15-23(22)28-2)3-6-20(26)19-16-18(24)5-8-21(19)30-14-11-25-9-12-29-13-10-25;/h3-8,15-16H,9-14H2,1-2H3;1H/b6-3+;. The van der Waals surface area contributed by atoms with Crippen LogP contribution in [-0.4, -0.2) is 64.4 Å². The summed E-state index contributed by atoms with van der Waals surface area (Å²) in [5.41, 5.74) is 1.25. The van der Waals surface area contributed by atoms with Crippen LogP contribution in [0.3, 0.4) is 0 Å². The summed E-state index contributed by atoms with van der Waals surface area (Å²) < 4.78 is 21.8. The van der Waals surface area contributed by atoms with Gasteiger partial charge in [0.2, 0.25) is 0 Å². The van der Waals surface area contributed by atoms with Gasteiger partial charge in [-0.2, -0.15) is 0 Å². The number of morpholine rings is 1. The van der Waals surface area contributed by atoms with E-state index < -0.39 is 0 Å². The summed E-state index contributed by atoms with van der Waals surface area (Å²) in [6.07, 6.45) is 3.23. The van der Waals surface area contributed by atoms with Gasteiger partial charge in [-0.15, -0.1) is 12.4 Å². The fourth-order valence-electron chi connectivity index (χ4n) is 3.15. The highest BCUT2D eigenvalue weighted by atomic mass is 35.5. The van der Waals surface area contributed by atoms with Crippen LogP contribution in [0.4, 0.5) is 0 Å². The molecule has 0 saturated carbocycles. The van der Waals surface area contributed by atoms with Crippen molar-refractivity contribution in [2.24, 2.45) is 0 Å². The zero-order valence-corrected chi connectivity index (χ0v) is 19.2. The van der Waals surface area contributed by atoms with E-state index in [9.17, 15) is 4.79 Å². The number of hydrogen-bond acceptors (Lipinski definition) is 6. The number of ketones is 1. The third-order valence-corrected chi connectivity index (χ3v) is 5.05. The molecule has 2 aromatic rings. The molecule has 1 aliphatic heterocycles. The largest absolute Gasteiger partial charge is 0.493 e. The topological polar surface area (TPSA) is 57.2 Å². The number of hydrogen-bond donors (Lipinski definition) is 0. The number of benzene rings is 2. The van der Waals surface area contributed by atoms with Crippen molar-refractivity contribution in [3.8, 4) is 17.2 Å². The van der Waals surface area contributed by atoms with Crippen molar-refractivity contribution < 1.29 is 23.7 Å². The van der Waals surface area contributed by atoms with E-state index in [1.165, 1.54) is 6.08 Å². The third-order valence-electron chi connectivity index (χ3n) is 4.81. The van der Waals surface area contributed by atoms with Crippen LogP contribution < -0.4 is 14.2 Å². The van der Waals surface area contributed by atoms with Gasteiger partial charge in [-0.05, 0) is 42.0 Å². The Morgan fingerprint density at radius 2 is 1.77 bits per heavy atom. The van der Waals surface area contributed by atoms with E-state index in [1.54, 1.807) is 50.6 Å². The molecule has 0 atom stereocenters. The van der Waals surface area contributed by atoms with Crippen LogP contribution in [0, 0.1) is 0 Å². The summed E-state index contributed by atoms with van der Waals surface area (Å²) in [6, 6.07) is 10.5. The van der Waals surface area contributed by atoms with E-state index in [1.807, 2.05) is 6.07 Å². The highest BCUT2D eigenvalue weighted by molar-refractivity contribution is 6.31. The first-order chi connectivity index (χ1) is 14.6. The predicted octanol–water partition coefficient (Wildman–Crippen LogP) is 4.39. The van der Waals surface area contributed by atoms with E-state index in [2.05, 4.69) is 4.90 Å². The van der Waals surface area contributed by atoms with Crippen molar-refractivity contribution in [1.82, 2.24) is 4.90 Å². The minimum Gasteiger partial charge on any atom is -0.493 e. The van der Waals surface area contributed by atoms with Gasteiger partial charge in [0.15, 0.2) is 17.3 Å². The Hall–Kier alpha value is -2.25. The number of carbonyl (C=O) groups is 1. The molecular weight excluding hydrogens is 441 g/mol. The van der Waals surface area contributed by atoms with Crippen LogP contribution in [0.5, 0.6) is 17.2 Å². The lowest BCUT2D eigenvalue weighted by Crippen LogP contribution is -2.38. The fourth-order valence-corrected chi connectivity index (χ4v) is 3.32. The van der Waals surface area contributed by atoms with E-state index in [4.69, 9.17) is 30.5 Å². The number of halogens is 2. The molecular formula is C23H27Cl2NO5. The van der Waals surface area contributed by atoms with Gasteiger partial charge in [-0.25, -0.2) is 0 Å². The maximum absolute atomic E-state index is 12.8. The Bertz CT molecular complexity index is 898. The van der Waals surface area contributed by atoms with Crippen LogP contribution in [-0.2, 0) is 4.74 Å². The molecule has 0 unspecified atom stereocenters. The first kappa shape index (κ1) is 25.0. The Morgan fingerprint density at radius 3 is 2.48 bits per heavy atom. The molecule has 1 saturated heterocycles. The Morgan fingerprint density at radius 1 is 1.06 bits per heavy atom. The first-order valence-corrected chi connectivity index (χ1v) is 10.2. The van der Waals surface area contributed by atoms with Gasteiger partial charge in [0.25, 0.3) is 0 Å². The Labute approximate surface area is 194 Å². The van der Waals surface area contributed by atoms with Crippen LogP contribution >= 0.6 is 24.0 Å². The molecule has 3 rings (SSSR count). The van der Waals surface area contributed by atoms with Crippen molar-refractivity contribution in [2.45, 2.75) is 0 Å². The van der Waals surface area contributed by atoms with Gasteiger partial charge in [-0.3, -0.25) is 9.69 Å². The average molecular weight is 468 g/mol. The molecule has 0 radical (unpaired) electrons. The van der Waals surface area contributed by atoms with Gasteiger partial charge < -0.3 is 18.9 Å². The zero-order valence-electron chi connectivity index (χ0n) is 17.6. The predicted molar refractivity (Wildman–Crippen MR) is 124 cm³/mol. The van der Waals surface area contributed by atoms with Crippen LogP contribution in [0.1, 0.15) is 15.9 Å². The SMILES string of the molecule is COc1ccc(/C=C/C(=O)c2cc(Cl)ccc2OCCN2CCOCC2)cc1OC.Cl. The lowest BCUT2D eigenvalue weighted by molar-refractivity contribution is 0.0322.